The monoisotopic (exact) mass is 151 g/mol. The van der Waals surface area contributed by atoms with Crippen molar-refractivity contribution in [3.8, 4) is 0 Å². The van der Waals surface area contributed by atoms with Gasteiger partial charge in [-0.2, -0.15) is 0 Å². The van der Waals surface area contributed by atoms with Gasteiger partial charge < -0.3 is 0 Å². The van der Waals surface area contributed by atoms with Gasteiger partial charge in [0, 0.05) is 0 Å². The lowest BCUT2D eigenvalue weighted by Crippen LogP contribution is -2.05. The molecule has 2 atom stereocenters. The first kappa shape index (κ1) is 7.64. The number of rotatable bonds is 0. The SMILES string of the molecule is [CH]1CCCC2CCCC1CC2. The van der Waals surface area contributed by atoms with Crippen LogP contribution < -0.4 is 0 Å². The Bertz CT molecular complexity index is 99.2. The molecule has 2 saturated carbocycles. The van der Waals surface area contributed by atoms with Crippen molar-refractivity contribution in [2.24, 2.45) is 11.8 Å². The zero-order valence-electron chi connectivity index (χ0n) is 7.39. The molecule has 0 amide bonds. The van der Waals surface area contributed by atoms with Crippen molar-refractivity contribution >= 4 is 0 Å². The third-order valence-electron chi connectivity index (χ3n) is 3.45. The summed E-state index contributed by atoms with van der Waals surface area (Å²) in [4.78, 5) is 0. The van der Waals surface area contributed by atoms with Crippen molar-refractivity contribution in [2.45, 2.75) is 51.4 Å². The van der Waals surface area contributed by atoms with E-state index in [1.807, 2.05) is 0 Å². The Balaban J connectivity index is 1.97. The van der Waals surface area contributed by atoms with Gasteiger partial charge in [0.15, 0.2) is 0 Å². The highest BCUT2D eigenvalue weighted by Gasteiger charge is 2.20. The van der Waals surface area contributed by atoms with Crippen LogP contribution in [-0.4, -0.2) is 0 Å². The Labute approximate surface area is 70.4 Å². The van der Waals surface area contributed by atoms with Gasteiger partial charge in [0.1, 0.15) is 0 Å². The quantitative estimate of drug-likeness (QED) is 0.496. The van der Waals surface area contributed by atoms with Gasteiger partial charge in [-0.15, -0.1) is 0 Å². The van der Waals surface area contributed by atoms with Crippen LogP contribution in [0.4, 0.5) is 0 Å². The smallest absolute Gasteiger partial charge is 0.0355 e. The van der Waals surface area contributed by atoms with Gasteiger partial charge in [0.2, 0.25) is 0 Å². The minimum atomic E-state index is 1.00. The van der Waals surface area contributed by atoms with Crippen molar-refractivity contribution < 1.29 is 0 Å². The summed E-state index contributed by atoms with van der Waals surface area (Å²) in [5.74, 6) is 2.11. The van der Waals surface area contributed by atoms with Gasteiger partial charge >= 0.3 is 0 Å². The molecule has 0 nitrogen and oxygen atoms in total. The van der Waals surface area contributed by atoms with Crippen molar-refractivity contribution in [3.05, 3.63) is 6.42 Å². The molecular formula is C11H19. The maximum absolute atomic E-state index is 2.60. The van der Waals surface area contributed by atoms with Gasteiger partial charge in [-0.05, 0) is 31.1 Å². The van der Waals surface area contributed by atoms with E-state index in [2.05, 4.69) is 6.42 Å². The molecule has 2 aliphatic rings. The minimum Gasteiger partial charge on any atom is -0.0528 e. The molecule has 0 aromatic carbocycles. The van der Waals surface area contributed by atoms with Crippen molar-refractivity contribution in [1.29, 1.82) is 0 Å². The highest BCUT2D eigenvalue weighted by atomic mass is 14.3. The van der Waals surface area contributed by atoms with Crippen LogP contribution >= 0.6 is 0 Å². The van der Waals surface area contributed by atoms with Crippen molar-refractivity contribution in [2.75, 3.05) is 0 Å². The zero-order valence-corrected chi connectivity index (χ0v) is 7.39. The van der Waals surface area contributed by atoms with Crippen LogP contribution in [0.5, 0.6) is 0 Å². The third-order valence-corrected chi connectivity index (χ3v) is 3.45. The molecule has 0 heterocycles. The second kappa shape index (κ2) is 3.60. The predicted molar refractivity (Wildman–Crippen MR) is 48.2 cm³/mol. The lowest BCUT2D eigenvalue weighted by Gasteiger charge is -2.18. The molecule has 0 heteroatoms. The van der Waals surface area contributed by atoms with Crippen LogP contribution in [0.2, 0.25) is 0 Å². The van der Waals surface area contributed by atoms with Crippen LogP contribution in [0.3, 0.4) is 0 Å². The number of hydrogen-bond donors (Lipinski definition) is 0. The average Bonchev–Trinajstić information content (AvgIpc) is 2.11. The summed E-state index contributed by atoms with van der Waals surface area (Å²) in [6.07, 6.45) is 14.6. The number of fused-ring (bicyclic) bond motifs is 3. The Morgan fingerprint density at radius 1 is 0.818 bits per heavy atom. The number of hydrogen-bond acceptors (Lipinski definition) is 0. The highest BCUT2D eigenvalue weighted by Crippen LogP contribution is 2.35. The maximum atomic E-state index is 2.60. The first-order chi connectivity index (χ1) is 5.45. The largest absolute Gasteiger partial charge is 0.0528 e. The van der Waals surface area contributed by atoms with E-state index in [4.69, 9.17) is 0 Å². The van der Waals surface area contributed by atoms with E-state index in [0.29, 0.717) is 0 Å². The molecule has 1 radical (unpaired) electrons. The normalized spacial score (nSPS) is 39.3. The maximum Gasteiger partial charge on any atom is -0.0355 e. The lowest BCUT2D eigenvalue weighted by atomic mass is 9.87. The van der Waals surface area contributed by atoms with Crippen molar-refractivity contribution in [3.63, 3.8) is 0 Å². The Morgan fingerprint density at radius 2 is 1.73 bits per heavy atom. The van der Waals surface area contributed by atoms with Gasteiger partial charge in [-0.1, -0.05) is 38.5 Å². The Kier molecular flexibility index (Phi) is 2.50. The third kappa shape index (κ3) is 1.98. The van der Waals surface area contributed by atoms with E-state index in [1.54, 1.807) is 0 Å². The van der Waals surface area contributed by atoms with E-state index >= 15 is 0 Å². The van der Waals surface area contributed by atoms with Gasteiger partial charge in [-0.3, -0.25) is 0 Å². The fourth-order valence-electron chi connectivity index (χ4n) is 2.69. The summed E-state index contributed by atoms with van der Waals surface area (Å²) in [5.41, 5.74) is 0. The van der Waals surface area contributed by atoms with Crippen molar-refractivity contribution in [1.82, 2.24) is 0 Å². The molecule has 0 aromatic heterocycles. The molecule has 2 bridgehead atoms. The summed E-state index contributed by atoms with van der Waals surface area (Å²) in [5, 5.41) is 0. The summed E-state index contributed by atoms with van der Waals surface area (Å²) in [6.45, 7) is 0. The van der Waals surface area contributed by atoms with E-state index < -0.39 is 0 Å². The van der Waals surface area contributed by atoms with Crippen LogP contribution in [0.25, 0.3) is 0 Å². The van der Waals surface area contributed by atoms with Crippen LogP contribution in [0.1, 0.15) is 51.4 Å². The summed E-state index contributed by atoms with van der Waals surface area (Å²) < 4.78 is 0. The molecule has 0 aliphatic heterocycles. The average molecular weight is 151 g/mol. The standard InChI is InChI=1S/C11H19/c1-2-5-11-7-3-6-10(4-1)8-9-11/h4,10-11H,1-3,5-9H2. The summed E-state index contributed by atoms with van der Waals surface area (Å²) in [7, 11) is 0. The molecule has 0 saturated heterocycles. The fraction of sp³-hybridized carbons (Fsp3) is 0.909. The Hall–Kier alpha value is 0. The van der Waals surface area contributed by atoms with E-state index in [-0.39, 0.29) is 0 Å². The molecule has 2 aliphatic carbocycles. The first-order valence-corrected chi connectivity index (χ1v) is 5.28. The van der Waals surface area contributed by atoms with Gasteiger partial charge in [0.25, 0.3) is 0 Å². The minimum absolute atomic E-state index is 1.00. The van der Waals surface area contributed by atoms with Gasteiger partial charge in [-0.25, -0.2) is 0 Å². The fourth-order valence-corrected chi connectivity index (χ4v) is 2.69. The first-order valence-electron chi connectivity index (χ1n) is 5.28. The highest BCUT2D eigenvalue weighted by molar-refractivity contribution is 4.83. The Morgan fingerprint density at radius 3 is 2.73 bits per heavy atom. The second-order valence-electron chi connectivity index (χ2n) is 4.30. The second-order valence-corrected chi connectivity index (χ2v) is 4.30. The van der Waals surface area contributed by atoms with Gasteiger partial charge in [0.05, 0.1) is 0 Å². The van der Waals surface area contributed by atoms with Crippen LogP contribution in [-0.2, 0) is 0 Å². The zero-order chi connectivity index (χ0) is 7.52. The molecule has 0 spiro atoms. The topological polar surface area (TPSA) is 0 Å². The van der Waals surface area contributed by atoms with E-state index in [0.717, 1.165) is 11.8 Å². The van der Waals surface area contributed by atoms with E-state index in [1.165, 1.54) is 51.4 Å². The molecular weight excluding hydrogens is 132 g/mol. The molecule has 0 N–H and O–H groups in total. The molecule has 11 heavy (non-hydrogen) atoms. The van der Waals surface area contributed by atoms with Crippen LogP contribution in [0.15, 0.2) is 0 Å². The molecule has 63 valence electrons. The molecule has 2 fully saturated rings. The lowest BCUT2D eigenvalue weighted by molar-refractivity contribution is 0.385. The van der Waals surface area contributed by atoms with E-state index in [9.17, 15) is 0 Å². The molecule has 0 aromatic rings. The van der Waals surface area contributed by atoms with Crippen LogP contribution in [0, 0.1) is 18.3 Å². The summed E-state index contributed by atoms with van der Waals surface area (Å²) >= 11 is 0. The molecule has 2 unspecified atom stereocenters. The predicted octanol–water partition coefficient (Wildman–Crippen LogP) is 3.57. The summed E-state index contributed by atoms with van der Waals surface area (Å²) in [6, 6.07) is 0. The molecule has 2 rings (SSSR count).